The van der Waals surface area contributed by atoms with Gasteiger partial charge in [-0.05, 0) is 25.7 Å². The lowest BCUT2D eigenvalue weighted by atomic mass is 9.85. The van der Waals surface area contributed by atoms with Crippen LogP contribution in [0.2, 0.25) is 0 Å². The Hall–Kier alpha value is -2.44. The highest BCUT2D eigenvalue weighted by Gasteiger charge is 2.30. The van der Waals surface area contributed by atoms with Gasteiger partial charge in [-0.3, -0.25) is 14.7 Å². The van der Waals surface area contributed by atoms with Crippen LogP contribution in [-0.2, 0) is 0 Å². The average molecular weight is 355 g/mol. The van der Waals surface area contributed by atoms with Gasteiger partial charge in [0.1, 0.15) is 0 Å². The Kier molecular flexibility index (Phi) is 4.86. The molecule has 7 heteroatoms. The molecule has 2 aliphatic rings. The average Bonchev–Trinajstić information content (AvgIpc) is 3.18. The van der Waals surface area contributed by atoms with Crippen LogP contribution in [0.1, 0.15) is 78.5 Å². The second-order valence-electron chi connectivity index (χ2n) is 7.46. The van der Waals surface area contributed by atoms with Crippen molar-refractivity contribution in [2.45, 2.75) is 56.8 Å². The zero-order valence-corrected chi connectivity index (χ0v) is 14.9. The molecule has 1 aliphatic heterocycles. The Labute approximate surface area is 152 Å². The SMILES string of the molecule is O=C(c1cn[nH]c1C1CCCCC1)N1CCC[C@@H](c2cc(=O)[nH]cn2)C1. The fourth-order valence-corrected chi connectivity index (χ4v) is 4.35. The van der Waals surface area contributed by atoms with Crippen LogP contribution in [0, 0.1) is 0 Å². The maximum Gasteiger partial charge on any atom is 0.257 e. The van der Waals surface area contributed by atoms with E-state index in [1.165, 1.54) is 25.6 Å². The van der Waals surface area contributed by atoms with Crippen molar-refractivity contribution in [2.24, 2.45) is 0 Å². The van der Waals surface area contributed by atoms with E-state index in [0.29, 0.717) is 12.5 Å². The quantitative estimate of drug-likeness (QED) is 0.884. The predicted octanol–water partition coefficient (Wildman–Crippen LogP) is 2.56. The summed E-state index contributed by atoms with van der Waals surface area (Å²) < 4.78 is 0. The maximum atomic E-state index is 13.1. The van der Waals surface area contributed by atoms with E-state index in [9.17, 15) is 9.59 Å². The van der Waals surface area contributed by atoms with E-state index in [4.69, 9.17) is 0 Å². The number of hydrogen-bond acceptors (Lipinski definition) is 4. The fourth-order valence-electron chi connectivity index (χ4n) is 4.35. The third kappa shape index (κ3) is 3.43. The van der Waals surface area contributed by atoms with Crippen LogP contribution >= 0.6 is 0 Å². The van der Waals surface area contributed by atoms with E-state index >= 15 is 0 Å². The Morgan fingerprint density at radius 2 is 1.92 bits per heavy atom. The molecule has 2 fully saturated rings. The molecule has 2 aromatic heterocycles. The molecule has 0 spiro atoms. The monoisotopic (exact) mass is 355 g/mol. The number of nitrogens with zero attached hydrogens (tertiary/aromatic N) is 3. The van der Waals surface area contributed by atoms with Crippen molar-refractivity contribution in [3.63, 3.8) is 0 Å². The van der Waals surface area contributed by atoms with E-state index in [1.807, 2.05) is 4.90 Å². The number of piperidine rings is 1. The molecule has 1 saturated heterocycles. The van der Waals surface area contributed by atoms with Gasteiger partial charge in [-0.15, -0.1) is 0 Å². The van der Waals surface area contributed by atoms with Crippen LogP contribution in [0.5, 0.6) is 0 Å². The van der Waals surface area contributed by atoms with Crippen molar-refractivity contribution in [3.05, 3.63) is 45.9 Å². The normalized spacial score (nSPS) is 21.7. The first-order valence-corrected chi connectivity index (χ1v) is 9.59. The Bertz CT molecular complexity index is 821. The van der Waals surface area contributed by atoms with E-state index in [2.05, 4.69) is 20.2 Å². The van der Waals surface area contributed by atoms with Gasteiger partial charge in [-0.25, -0.2) is 4.98 Å². The number of H-pyrrole nitrogens is 2. The van der Waals surface area contributed by atoms with Crippen molar-refractivity contribution >= 4 is 5.91 Å². The Balaban J connectivity index is 1.51. The number of hydrogen-bond donors (Lipinski definition) is 2. The lowest BCUT2D eigenvalue weighted by Gasteiger charge is -2.32. The molecule has 2 N–H and O–H groups in total. The highest BCUT2D eigenvalue weighted by atomic mass is 16.2. The highest BCUT2D eigenvalue weighted by molar-refractivity contribution is 5.95. The van der Waals surface area contributed by atoms with Crippen molar-refractivity contribution in [2.75, 3.05) is 13.1 Å². The minimum Gasteiger partial charge on any atom is -0.338 e. The standard InChI is InChI=1S/C19H25N5O2/c25-17-9-16(20-12-21-17)14-7-4-8-24(11-14)19(26)15-10-22-23-18(15)13-5-2-1-3-6-13/h9-10,12-14H,1-8,11H2,(H,22,23)(H,20,21,25)/t14-/m1/s1. The van der Waals surface area contributed by atoms with E-state index in [1.54, 1.807) is 12.3 Å². The third-order valence-electron chi connectivity index (χ3n) is 5.74. The first-order chi connectivity index (χ1) is 12.7. The summed E-state index contributed by atoms with van der Waals surface area (Å²) in [4.78, 5) is 33.5. The van der Waals surface area contributed by atoms with Crippen molar-refractivity contribution in [1.29, 1.82) is 0 Å². The van der Waals surface area contributed by atoms with Gasteiger partial charge in [0.05, 0.1) is 29.5 Å². The largest absolute Gasteiger partial charge is 0.338 e. The second kappa shape index (κ2) is 7.43. The lowest BCUT2D eigenvalue weighted by Crippen LogP contribution is -2.39. The Morgan fingerprint density at radius 1 is 1.12 bits per heavy atom. The number of carbonyl (C=O) groups excluding carboxylic acids is 1. The molecule has 3 heterocycles. The molecule has 1 atom stereocenters. The molecule has 4 rings (SSSR count). The van der Waals surface area contributed by atoms with Gasteiger partial charge in [0.2, 0.25) is 0 Å². The summed E-state index contributed by atoms with van der Waals surface area (Å²) in [7, 11) is 0. The van der Waals surface area contributed by atoms with Crippen LogP contribution in [-0.4, -0.2) is 44.1 Å². The molecule has 0 radical (unpaired) electrons. The van der Waals surface area contributed by atoms with Crippen molar-refractivity contribution in [3.8, 4) is 0 Å². The number of amides is 1. The van der Waals surface area contributed by atoms with Crippen LogP contribution in [0.25, 0.3) is 0 Å². The van der Waals surface area contributed by atoms with Crippen LogP contribution in [0.3, 0.4) is 0 Å². The minimum absolute atomic E-state index is 0.0499. The molecule has 0 aromatic carbocycles. The number of aromatic amines is 2. The molecule has 7 nitrogen and oxygen atoms in total. The number of nitrogens with one attached hydrogen (secondary N) is 2. The van der Waals surface area contributed by atoms with Gasteiger partial charge in [0.25, 0.3) is 11.5 Å². The summed E-state index contributed by atoms with van der Waals surface area (Å²) in [6.45, 7) is 1.35. The van der Waals surface area contributed by atoms with E-state index in [-0.39, 0.29) is 17.4 Å². The summed E-state index contributed by atoms with van der Waals surface area (Å²) in [5.74, 6) is 0.578. The molecule has 1 aliphatic carbocycles. The predicted molar refractivity (Wildman–Crippen MR) is 97.1 cm³/mol. The smallest absolute Gasteiger partial charge is 0.257 e. The molecule has 2 aromatic rings. The van der Waals surface area contributed by atoms with Crippen LogP contribution < -0.4 is 5.56 Å². The maximum absolute atomic E-state index is 13.1. The fraction of sp³-hybridized carbons (Fsp3) is 0.579. The molecular weight excluding hydrogens is 330 g/mol. The summed E-state index contributed by atoms with van der Waals surface area (Å²) in [6, 6.07) is 1.55. The summed E-state index contributed by atoms with van der Waals surface area (Å²) in [5, 5.41) is 7.26. The Morgan fingerprint density at radius 3 is 2.73 bits per heavy atom. The van der Waals surface area contributed by atoms with Crippen molar-refractivity contribution in [1.82, 2.24) is 25.1 Å². The van der Waals surface area contributed by atoms with Crippen LogP contribution in [0.4, 0.5) is 0 Å². The van der Waals surface area contributed by atoms with Crippen molar-refractivity contribution < 1.29 is 4.79 Å². The lowest BCUT2D eigenvalue weighted by molar-refractivity contribution is 0.0704. The highest BCUT2D eigenvalue weighted by Crippen LogP contribution is 2.34. The zero-order valence-electron chi connectivity index (χ0n) is 14.9. The molecule has 1 amide bonds. The van der Waals surface area contributed by atoms with Gasteiger partial charge >= 0.3 is 0 Å². The second-order valence-corrected chi connectivity index (χ2v) is 7.46. The molecule has 138 valence electrons. The minimum atomic E-state index is -0.145. The molecule has 0 bridgehead atoms. The number of rotatable bonds is 3. The molecule has 1 saturated carbocycles. The van der Waals surface area contributed by atoms with Crippen LogP contribution in [0.15, 0.2) is 23.4 Å². The van der Waals surface area contributed by atoms with E-state index in [0.717, 1.165) is 49.2 Å². The van der Waals surface area contributed by atoms with Gasteiger partial charge in [-0.1, -0.05) is 19.3 Å². The number of likely N-dealkylation sites (tertiary alicyclic amines) is 1. The van der Waals surface area contributed by atoms with Gasteiger partial charge in [-0.2, -0.15) is 5.10 Å². The summed E-state index contributed by atoms with van der Waals surface area (Å²) in [5.41, 5.74) is 2.35. The first-order valence-electron chi connectivity index (χ1n) is 9.59. The zero-order chi connectivity index (χ0) is 17.9. The summed E-state index contributed by atoms with van der Waals surface area (Å²) >= 11 is 0. The van der Waals surface area contributed by atoms with E-state index < -0.39 is 0 Å². The third-order valence-corrected chi connectivity index (χ3v) is 5.74. The first kappa shape index (κ1) is 17.0. The topological polar surface area (TPSA) is 94.7 Å². The molecule has 0 unspecified atom stereocenters. The summed E-state index contributed by atoms with van der Waals surface area (Å²) in [6.07, 6.45) is 11.0. The van der Waals surface area contributed by atoms with Gasteiger partial charge < -0.3 is 9.88 Å². The number of carbonyl (C=O) groups is 1. The molecule has 26 heavy (non-hydrogen) atoms. The van der Waals surface area contributed by atoms with Gasteiger partial charge in [0, 0.05) is 31.0 Å². The van der Waals surface area contributed by atoms with Gasteiger partial charge in [0.15, 0.2) is 0 Å². The molecular formula is C19H25N5O2. The number of aromatic nitrogens is 4.